The number of hydrogen-bond acceptors (Lipinski definition) is 4. The topological polar surface area (TPSA) is 75.5 Å². The number of nitrogens with zero attached hydrogens (tertiary/aromatic N) is 2. The van der Waals surface area contributed by atoms with E-state index in [0.29, 0.717) is 23.7 Å². The maximum Gasteiger partial charge on any atom is 0.269 e. The van der Waals surface area contributed by atoms with E-state index in [4.69, 9.17) is 11.6 Å². The third-order valence-electron chi connectivity index (χ3n) is 2.73. The van der Waals surface area contributed by atoms with Crippen LogP contribution in [-0.4, -0.2) is 35.9 Å². The standard InChI is InChI=1S/C12H16ClN3O3/c1-3-15(2)12(17)8-14-7-9-6-10(16(18)19)4-5-11(9)13/h4-6,14H,3,7-8H2,1-2H3. The highest BCUT2D eigenvalue weighted by Gasteiger charge is 2.10. The quantitative estimate of drug-likeness (QED) is 0.639. The summed E-state index contributed by atoms with van der Waals surface area (Å²) >= 11 is 5.95. The second kappa shape index (κ2) is 7.06. The summed E-state index contributed by atoms with van der Waals surface area (Å²) < 4.78 is 0. The van der Waals surface area contributed by atoms with E-state index in [1.165, 1.54) is 18.2 Å². The Labute approximate surface area is 116 Å². The van der Waals surface area contributed by atoms with E-state index in [1.54, 1.807) is 11.9 Å². The van der Waals surface area contributed by atoms with Crippen LogP contribution in [0.5, 0.6) is 0 Å². The molecule has 0 aliphatic rings. The summed E-state index contributed by atoms with van der Waals surface area (Å²) in [7, 11) is 1.71. The second-order valence-corrected chi connectivity index (χ2v) is 4.45. The third-order valence-corrected chi connectivity index (χ3v) is 3.10. The molecule has 0 saturated carbocycles. The Morgan fingerprint density at radius 1 is 1.53 bits per heavy atom. The van der Waals surface area contributed by atoms with Gasteiger partial charge in [0.2, 0.25) is 5.91 Å². The zero-order chi connectivity index (χ0) is 14.4. The number of rotatable bonds is 6. The van der Waals surface area contributed by atoms with Crippen LogP contribution in [0.1, 0.15) is 12.5 Å². The monoisotopic (exact) mass is 285 g/mol. The normalized spacial score (nSPS) is 10.3. The molecule has 1 rings (SSSR count). The fraction of sp³-hybridized carbons (Fsp3) is 0.417. The Kier molecular flexibility index (Phi) is 5.72. The molecule has 0 radical (unpaired) electrons. The van der Waals surface area contributed by atoms with Gasteiger partial charge in [0.05, 0.1) is 11.5 Å². The van der Waals surface area contributed by atoms with Crippen LogP contribution >= 0.6 is 11.6 Å². The van der Waals surface area contributed by atoms with E-state index in [9.17, 15) is 14.9 Å². The summed E-state index contributed by atoms with van der Waals surface area (Å²) in [4.78, 5) is 23.3. The van der Waals surface area contributed by atoms with Gasteiger partial charge in [-0.2, -0.15) is 0 Å². The minimum absolute atomic E-state index is 0.0156. The summed E-state index contributed by atoms with van der Waals surface area (Å²) in [5.74, 6) is -0.0379. The first kappa shape index (κ1) is 15.4. The molecule has 0 aromatic heterocycles. The maximum atomic E-state index is 11.5. The molecule has 0 fully saturated rings. The molecule has 0 saturated heterocycles. The average Bonchev–Trinajstić information content (AvgIpc) is 2.39. The fourth-order valence-electron chi connectivity index (χ4n) is 1.43. The summed E-state index contributed by atoms with van der Waals surface area (Å²) in [5, 5.41) is 14.0. The molecule has 7 heteroatoms. The van der Waals surface area contributed by atoms with Crippen molar-refractivity contribution in [1.82, 2.24) is 10.2 Å². The van der Waals surface area contributed by atoms with Crippen molar-refractivity contribution < 1.29 is 9.72 Å². The fourth-order valence-corrected chi connectivity index (χ4v) is 1.61. The Hall–Kier alpha value is -1.66. The van der Waals surface area contributed by atoms with Gasteiger partial charge >= 0.3 is 0 Å². The van der Waals surface area contributed by atoms with E-state index < -0.39 is 4.92 Å². The van der Waals surface area contributed by atoms with Crippen LogP contribution in [0.3, 0.4) is 0 Å². The molecule has 1 N–H and O–H groups in total. The van der Waals surface area contributed by atoms with Crippen molar-refractivity contribution in [2.24, 2.45) is 0 Å². The molecule has 1 amide bonds. The van der Waals surface area contributed by atoms with Gasteiger partial charge in [-0.05, 0) is 18.6 Å². The van der Waals surface area contributed by atoms with E-state index in [1.807, 2.05) is 6.92 Å². The van der Waals surface area contributed by atoms with Gasteiger partial charge in [0.15, 0.2) is 0 Å². The molecule has 19 heavy (non-hydrogen) atoms. The average molecular weight is 286 g/mol. The minimum atomic E-state index is -0.476. The molecular formula is C12H16ClN3O3. The lowest BCUT2D eigenvalue weighted by Gasteiger charge is -2.14. The number of amides is 1. The zero-order valence-corrected chi connectivity index (χ0v) is 11.6. The molecule has 1 aromatic rings. The summed E-state index contributed by atoms with van der Waals surface area (Å²) in [6.07, 6.45) is 0. The van der Waals surface area contributed by atoms with Gasteiger partial charge < -0.3 is 10.2 Å². The van der Waals surface area contributed by atoms with Gasteiger partial charge in [-0.1, -0.05) is 11.6 Å². The van der Waals surface area contributed by atoms with Crippen molar-refractivity contribution in [3.05, 3.63) is 38.9 Å². The Morgan fingerprint density at radius 2 is 2.21 bits per heavy atom. The molecule has 0 aliphatic carbocycles. The summed E-state index contributed by atoms with van der Waals surface area (Å²) in [5.41, 5.74) is 0.584. The number of carbonyl (C=O) groups is 1. The van der Waals surface area contributed by atoms with Crippen LogP contribution in [-0.2, 0) is 11.3 Å². The molecule has 1 aromatic carbocycles. The molecule has 0 bridgehead atoms. The summed E-state index contributed by atoms with van der Waals surface area (Å²) in [6, 6.07) is 4.24. The number of benzene rings is 1. The number of non-ortho nitro benzene ring substituents is 1. The first-order chi connectivity index (χ1) is 8.95. The molecule has 0 aliphatic heterocycles. The maximum absolute atomic E-state index is 11.5. The smallest absolute Gasteiger partial charge is 0.269 e. The van der Waals surface area contributed by atoms with E-state index in [-0.39, 0.29) is 18.1 Å². The number of carbonyl (C=O) groups excluding carboxylic acids is 1. The number of likely N-dealkylation sites (N-methyl/N-ethyl adjacent to an activating group) is 1. The van der Waals surface area contributed by atoms with Gasteiger partial charge in [-0.25, -0.2) is 0 Å². The predicted molar refractivity (Wildman–Crippen MR) is 73.1 cm³/mol. The summed E-state index contributed by atoms with van der Waals surface area (Å²) in [6.45, 7) is 3.00. The van der Waals surface area contributed by atoms with Crippen molar-refractivity contribution >= 4 is 23.2 Å². The van der Waals surface area contributed by atoms with Crippen LogP contribution in [0.2, 0.25) is 5.02 Å². The highest BCUT2D eigenvalue weighted by Crippen LogP contribution is 2.21. The Bertz CT molecular complexity index is 479. The van der Waals surface area contributed by atoms with Crippen molar-refractivity contribution in [1.29, 1.82) is 0 Å². The first-order valence-corrected chi connectivity index (χ1v) is 6.21. The van der Waals surface area contributed by atoms with Gasteiger partial charge in [0.25, 0.3) is 5.69 Å². The molecule has 104 valence electrons. The number of halogens is 1. The molecule has 0 spiro atoms. The molecular weight excluding hydrogens is 270 g/mol. The van der Waals surface area contributed by atoms with Crippen LogP contribution in [0.4, 0.5) is 5.69 Å². The van der Waals surface area contributed by atoms with Crippen molar-refractivity contribution in [3.8, 4) is 0 Å². The second-order valence-electron chi connectivity index (χ2n) is 4.04. The highest BCUT2D eigenvalue weighted by atomic mass is 35.5. The third kappa shape index (κ3) is 4.50. The SMILES string of the molecule is CCN(C)C(=O)CNCc1cc([N+](=O)[O-])ccc1Cl. The van der Waals surface area contributed by atoms with Crippen molar-refractivity contribution in [2.75, 3.05) is 20.1 Å². The van der Waals surface area contributed by atoms with E-state index in [0.717, 1.165) is 0 Å². The molecule has 0 atom stereocenters. The zero-order valence-electron chi connectivity index (χ0n) is 10.9. The lowest BCUT2D eigenvalue weighted by Crippen LogP contribution is -2.35. The number of nitro benzene ring substituents is 1. The molecule has 6 nitrogen and oxygen atoms in total. The lowest BCUT2D eigenvalue weighted by atomic mass is 10.2. The van der Waals surface area contributed by atoms with Crippen molar-refractivity contribution in [3.63, 3.8) is 0 Å². The lowest BCUT2D eigenvalue weighted by molar-refractivity contribution is -0.384. The van der Waals surface area contributed by atoms with Gasteiger partial charge in [-0.3, -0.25) is 14.9 Å². The number of nitro groups is 1. The largest absolute Gasteiger partial charge is 0.345 e. The molecule has 0 unspecified atom stereocenters. The van der Waals surface area contributed by atoms with E-state index in [2.05, 4.69) is 5.32 Å². The van der Waals surface area contributed by atoms with Gasteiger partial charge in [0, 0.05) is 37.3 Å². The van der Waals surface area contributed by atoms with Gasteiger partial charge in [0.1, 0.15) is 0 Å². The van der Waals surface area contributed by atoms with Crippen molar-refractivity contribution in [2.45, 2.75) is 13.5 Å². The minimum Gasteiger partial charge on any atom is -0.345 e. The van der Waals surface area contributed by atoms with E-state index >= 15 is 0 Å². The van der Waals surface area contributed by atoms with Crippen LogP contribution in [0, 0.1) is 10.1 Å². The molecule has 0 heterocycles. The highest BCUT2D eigenvalue weighted by molar-refractivity contribution is 6.31. The Balaban J connectivity index is 2.60. The van der Waals surface area contributed by atoms with Crippen LogP contribution < -0.4 is 5.32 Å². The first-order valence-electron chi connectivity index (χ1n) is 5.83. The van der Waals surface area contributed by atoms with Crippen LogP contribution in [0.25, 0.3) is 0 Å². The van der Waals surface area contributed by atoms with Crippen LogP contribution in [0.15, 0.2) is 18.2 Å². The number of hydrogen-bond donors (Lipinski definition) is 1. The Morgan fingerprint density at radius 3 is 2.79 bits per heavy atom. The predicted octanol–water partition coefficient (Wildman–Crippen LogP) is 1.82. The van der Waals surface area contributed by atoms with Gasteiger partial charge in [-0.15, -0.1) is 0 Å². The number of nitrogens with one attached hydrogen (secondary N) is 1.